The van der Waals surface area contributed by atoms with Crippen LogP contribution in [0.25, 0.3) is 32.3 Å². The average molecular weight is 456 g/mol. The molecule has 0 aliphatic heterocycles. The number of nitrogen functional groups attached to an aromatic ring is 1. The summed E-state index contributed by atoms with van der Waals surface area (Å²) in [5.41, 5.74) is 5.96. The molecule has 4 aromatic rings. The highest BCUT2D eigenvalue weighted by Crippen LogP contribution is 2.43. The van der Waals surface area contributed by atoms with E-state index in [1.54, 1.807) is 0 Å². The van der Waals surface area contributed by atoms with Gasteiger partial charge in [-0.3, -0.25) is 13.7 Å². The third-order valence-electron chi connectivity index (χ3n) is 4.67. The van der Waals surface area contributed by atoms with Crippen molar-refractivity contribution < 1.29 is 34.7 Å². The van der Waals surface area contributed by atoms with Crippen LogP contribution in [0.3, 0.4) is 0 Å². The molecule has 0 radical (unpaired) electrons. The maximum absolute atomic E-state index is 12.0. The fourth-order valence-electron chi connectivity index (χ4n) is 3.58. The Labute approximate surface area is 164 Å². The minimum Gasteiger partial charge on any atom is -0.398 e. The molecule has 4 aromatic carbocycles. The lowest BCUT2D eigenvalue weighted by atomic mass is 9.93. The Balaban J connectivity index is 2.47. The van der Waals surface area contributed by atoms with Crippen LogP contribution in [0, 0.1) is 4.78 Å². The quantitative estimate of drug-likeness (QED) is 0.175. The van der Waals surface area contributed by atoms with Gasteiger partial charge in [0, 0.05) is 38.0 Å². The van der Waals surface area contributed by atoms with E-state index in [1.807, 2.05) is 0 Å². The van der Waals surface area contributed by atoms with Gasteiger partial charge in [0.2, 0.25) is 0 Å². The third kappa shape index (κ3) is 2.90. The largest absolute Gasteiger partial charge is 0.398 e. The molecule has 0 saturated heterocycles. The van der Waals surface area contributed by atoms with Gasteiger partial charge in [0.15, 0.2) is 10.0 Å². The molecule has 6 N–H and O–H groups in total. The molecule has 1 unspecified atom stereocenters. The Morgan fingerprint density at radius 1 is 0.655 bits per heavy atom. The Morgan fingerprint density at radius 2 is 1.03 bits per heavy atom. The first-order valence-electron chi connectivity index (χ1n) is 7.71. The smallest absolute Gasteiger partial charge is 0.295 e. The second-order valence-electron chi connectivity index (χ2n) is 6.38. The summed E-state index contributed by atoms with van der Waals surface area (Å²) < 4.78 is 96.1. The highest BCUT2D eigenvalue weighted by Gasteiger charge is 2.27. The first-order valence-corrected chi connectivity index (χ1v) is 12.1. The summed E-state index contributed by atoms with van der Waals surface area (Å²) in [6.07, 6.45) is 0. The number of anilines is 1. The lowest BCUT2D eigenvalue weighted by Crippen LogP contribution is -2.07. The maximum atomic E-state index is 12.0. The second-order valence-corrected chi connectivity index (χ2v) is 10.7. The fraction of sp³-hybridized carbons (Fsp3) is 0. The summed E-state index contributed by atoms with van der Waals surface area (Å²) in [6, 6.07) is 6.99. The van der Waals surface area contributed by atoms with E-state index in [-0.39, 0.29) is 37.5 Å². The number of hydrogen-bond donors (Lipinski definition) is 5. The summed E-state index contributed by atoms with van der Waals surface area (Å²) in [7, 11) is -14.1. The van der Waals surface area contributed by atoms with E-state index >= 15 is 0 Å². The molecule has 10 nitrogen and oxygen atoms in total. The zero-order valence-electron chi connectivity index (χ0n) is 14.1. The molecule has 152 valence electrons. The molecule has 1 atom stereocenters. The molecule has 0 aromatic heterocycles. The number of hydrogen-bond acceptors (Lipinski definition) is 7. The summed E-state index contributed by atoms with van der Waals surface area (Å²) in [5, 5.41) is 0.320. The van der Waals surface area contributed by atoms with Crippen LogP contribution in [0.5, 0.6) is 0 Å². The Hall–Kier alpha value is -2.55. The lowest BCUT2D eigenvalue weighted by molar-refractivity contribution is 0.482. The molecule has 13 heteroatoms. The third-order valence-corrected chi connectivity index (χ3v) is 7.39. The summed E-state index contributed by atoms with van der Waals surface area (Å²) in [4.78, 5) is -1.89. The zero-order chi connectivity index (χ0) is 21.5. The highest BCUT2D eigenvalue weighted by molar-refractivity contribution is 7.87. The van der Waals surface area contributed by atoms with Crippen molar-refractivity contribution in [3.63, 3.8) is 0 Å². The molecule has 0 heterocycles. The normalized spacial score (nSPS) is 15.3. The van der Waals surface area contributed by atoms with Gasteiger partial charge >= 0.3 is 0 Å². The van der Waals surface area contributed by atoms with Crippen LogP contribution >= 0.6 is 0 Å². The van der Waals surface area contributed by atoms with Crippen molar-refractivity contribution >= 4 is 68.3 Å². The maximum Gasteiger partial charge on any atom is 0.295 e. The standard InChI is InChI=1S/C16H12N2O8S3/c17-11-5-12(27(18,19)20)8-3-4-10-14(29(24,25)26)6-13(28(21,22)23)9-2-1-7(11)15(8)16(9)10/h1-6H,17H2,(H2,18,19,20)(H,21,22,23)(H,24,25,26). The number of benzene rings is 4. The zero-order valence-corrected chi connectivity index (χ0v) is 16.6. The fourth-order valence-corrected chi connectivity index (χ4v) is 5.84. The second kappa shape index (κ2) is 5.75. The van der Waals surface area contributed by atoms with Crippen molar-refractivity contribution in [3.05, 3.63) is 36.4 Å². The molecule has 0 saturated carbocycles. The molecule has 0 aliphatic rings. The van der Waals surface area contributed by atoms with Gasteiger partial charge in [-0.05, 0) is 12.1 Å². The molecule has 29 heavy (non-hydrogen) atoms. The van der Waals surface area contributed by atoms with Crippen LogP contribution in [0.15, 0.2) is 51.1 Å². The average Bonchev–Trinajstić information content (AvgIpc) is 2.57. The Morgan fingerprint density at radius 3 is 1.45 bits per heavy atom. The first kappa shape index (κ1) is 19.8. The number of nitrogens with two attached hydrogens (primary N) is 1. The van der Waals surface area contributed by atoms with Gasteiger partial charge in [0.1, 0.15) is 9.79 Å². The highest BCUT2D eigenvalue weighted by atomic mass is 32.2. The van der Waals surface area contributed by atoms with E-state index in [0.717, 1.165) is 6.07 Å². The van der Waals surface area contributed by atoms with Crippen molar-refractivity contribution in [2.45, 2.75) is 14.7 Å². The summed E-state index contributed by atoms with van der Waals surface area (Å²) in [6.45, 7) is 0. The van der Waals surface area contributed by atoms with Crippen molar-refractivity contribution in [2.24, 2.45) is 0 Å². The Bertz CT molecular complexity index is 1620. The summed E-state index contributed by atoms with van der Waals surface area (Å²) >= 11 is 0. The van der Waals surface area contributed by atoms with Gasteiger partial charge in [-0.2, -0.15) is 16.8 Å². The first-order chi connectivity index (χ1) is 13.2. The van der Waals surface area contributed by atoms with Crippen molar-refractivity contribution in [3.8, 4) is 0 Å². The van der Waals surface area contributed by atoms with E-state index in [4.69, 9.17) is 10.5 Å². The molecule has 0 fully saturated rings. The number of rotatable bonds is 3. The summed E-state index contributed by atoms with van der Waals surface area (Å²) in [5.74, 6) is 0. The van der Waals surface area contributed by atoms with Gasteiger partial charge in [0.05, 0.1) is 4.90 Å². The van der Waals surface area contributed by atoms with Crippen LogP contribution in [-0.4, -0.2) is 34.7 Å². The van der Waals surface area contributed by atoms with Gasteiger partial charge in [-0.25, -0.2) is 8.99 Å². The van der Waals surface area contributed by atoms with Gasteiger partial charge in [-0.1, -0.05) is 24.3 Å². The van der Waals surface area contributed by atoms with Crippen LogP contribution in [0.4, 0.5) is 5.69 Å². The van der Waals surface area contributed by atoms with Crippen molar-refractivity contribution in [2.75, 3.05) is 5.73 Å². The molecule has 0 spiro atoms. The monoisotopic (exact) mass is 456 g/mol. The van der Waals surface area contributed by atoms with E-state index in [1.165, 1.54) is 24.3 Å². The SMILES string of the molecule is N=S(=O)(O)c1cc(N)c2ccc3c(S(=O)(=O)O)cc(S(=O)(=O)O)c4ccc1c2c34. The van der Waals surface area contributed by atoms with E-state index in [0.29, 0.717) is 11.5 Å². The van der Waals surface area contributed by atoms with Crippen LogP contribution < -0.4 is 5.73 Å². The lowest BCUT2D eigenvalue weighted by Gasteiger charge is -2.18. The van der Waals surface area contributed by atoms with Crippen LogP contribution in [0.1, 0.15) is 0 Å². The van der Waals surface area contributed by atoms with Crippen LogP contribution in [0.2, 0.25) is 0 Å². The van der Waals surface area contributed by atoms with E-state index < -0.39 is 40.0 Å². The molecular weight excluding hydrogens is 444 g/mol. The van der Waals surface area contributed by atoms with Gasteiger partial charge in [-0.15, -0.1) is 0 Å². The minimum absolute atomic E-state index is 0.00147. The predicted molar refractivity (Wildman–Crippen MR) is 106 cm³/mol. The van der Waals surface area contributed by atoms with Crippen LogP contribution in [-0.2, 0) is 30.2 Å². The molecule has 0 bridgehead atoms. The Kier molecular flexibility index (Phi) is 3.91. The van der Waals surface area contributed by atoms with Gasteiger partial charge < -0.3 is 5.73 Å². The molecule has 0 aliphatic carbocycles. The predicted octanol–water partition coefficient (Wildman–Crippen LogP) is 2.54. The van der Waals surface area contributed by atoms with E-state index in [9.17, 15) is 34.7 Å². The molecule has 0 amide bonds. The molecule has 4 rings (SSSR count). The number of nitrogens with one attached hydrogen (secondary N) is 1. The minimum atomic E-state index is -4.91. The van der Waals surface area contributed by atoms with Gasteiger partial charge in [0.25, 0.3) is 20.2 Å². The molecular formula is C16H12N2O8S3. The van der Waals surface area contributed by atoms with Crippen molar-refractivity contribution in [1.82, 2.24) is 0 Å². The van der Waals surface area contributed by atoms with E-state index in [2.05, 4.69) is 0 Å². The topological polar surface area (TPSA) is 196 Å². The van der Waals surface area contributed by atoms with Crippen molar-refractivity contribution in [1.29, 1.82) is 4.78 Å².